The molecule has 3 aliphatic heterocycles. The molecule has 0 spiro atoms. The van der Waals surface area contributed by atoms with Gasteiger partial charge in [0.2, 0.25) is 9.04 Å². The molecular weight excluding hydrogens is 132 g/mol. The molecule has 3 heterocycles. The van der Waals surface area contributed by atoms with Gasteiger partial charge in [-0.2, -0.15) is 0 Å². The van der Waals surface area contributed by atoms with Crippen molar-refractivity contribution in [2.24, 2.45) is 0 Å². The van der Waals surface area contributed by atoms with Gasteiger partial charge in [0.15, 0.2) is 0 Å². The Morgan fingerprint density at radius 3 is 2.67 bits per heavy atom. The van der Waals surface area contributed by atoms with E-state index in [0.717, 1.165) is 6.42 Å². The molecule has 1 radical (unpaired) electrons. The molecule has 2 bridgehead atoms. The third-order valence-corrected chi connectivity index (χ3v) is 4.30. The normalized spacial score (nSPS) is 42.3. The summed E-state index contributed by atoms with van der Waals surface area (Å²) in [5.41, 5.74) is 0. The molecule has 1 atom stereocenters. The minimum Gasteiger partial charge on any atom is -0.392 e. The second-order valence-electron chi connectivity index (χ2n) is 2.66. The summed E-state index contributed by atoms with van der Waals surface area (Å²) in [7, 11) is -0.335. The van der Waals surface area contributed by atoms with E-state index < -0.39 is 0 Å². The van der Waals surface area contributed by atoms with Gasteiger partial charge in [-0.1, -0.05) is 6.92 Å². The molecule has 1 unspecified atom stereocenters. The van der Waals surface area contributed by atoms with Crippen molar-refractivity contribution in [3.63, 3.8) is 0 Å². The van der Waals surface area contributed by atoms with E-state index in [1.165, 1.54) is 12.1 Å². The van der Waals surface area contributed by atoms with E-state index in [0.29, 0.717) is 6.10 Å². The van der Waals surface area contributed by atoms with Crippen LogP contribution in [-0.4, -0.2) is 21.4 Å². The highest BCUT2D eigenvalue weighted by Crippen LogP contribution is 2.33. The van der Waals surface area contributed by atoms with E-state index in [-0.39, 0.29) is 15.3 Å². The average Bonchev–Trinajstić information content (AvgIpc) is 1.87. The van der Waals surface area contributed by atoms with Crippen LogP contribution in [0.3, 0.4) is 0 Å². The standard InChI is InChI=1S/C6H11O2Si/c1-2-6-7-5-3-9(4-5)8-6/h5-6H,2-4H2,1H3. The van der Waals surface area contributed by atoms with Crippen LogP contribution in [0.25, 0.3) is 0 Å². The van der Waals surface area contributed by atoms with Crippen LogP contribution in [0.1, 0.15) is 13.3 Å². The number of hydrogen-bond acceptors (Lipinski definition) is 2. The fourth-order valence-corrected chi connectivity index (χ4v) is 3.12. The highest BCUT2D eigenvalue weighted by molar-refractivity contribution is 6.56. The van der Waals surface area contributed by atoms with Gasteiger partial charge < -0.3 is 9.16 Å². The molecule has 3 saturated heterocycles. The van der Waals surface area contributed by atoms with Gasteiger partial charge in [-0.05, 0) is 18.5 Å². The van der Waals surface area contributed by atoms with Gasteiger partial charge in [0.1, 0.15) is 6.29 Å². The first-order chi connectivity index (χ1) is 4.38. The van der Waals surface area contributed by atoms with E-state index in [1.807, 2.05) is 0 Å². The third-order valence-electron chi connectivity index (χ3n) is 1.89. The Hall–Kier alpha value is 0.137. The molecule has 0 aliphatic carbocycles. The Balaban J connectivity index is 1.89. The Bertz CT molecular complexity index is 102. The molecular formula is C6H11O2Si. The molecule has 3 aliphatic rings. The highest BCUT2D eigenvalue weighted by Gasteiger charge is 2.41. The lowest BCUT2D eigenvalue weighted by Gasteiger charge is -2.43. The predicted octanol–water partition coefficient (Wildman–Crippen LogP) is 1.14. The topological polar surface area (TPSA) is 18.5 Å². The SMILES string of the molecule is CCC1OC2C[Si](C2)O1. The lowest BCUT2D eigenvalue weighted by atomic mass is 10.4. The average molecular weight is 143 g/mol. The van der Waals surface area contributed by atoms with Crippen molar-refractivity contribution in [1.29, 1.82) is 0 Å². The first-order valence-corrected chi connectivity index (χ1v) is 5.37. The van der Waals surface area contributed by atoms with Crippen molar-refractivity contribution in [3.05, 3.63) is 0 Å². The van der Waals surface area contributed by atoms with Gasteiger partial charge in [0, 0.05) is 0 Å². The number of fused-ring (bicyclic) bond motifs is 2. The van der Waals surface area contributed by atoms with Crippen molar-refractivity contribution in [1.82, 2.24) is 0 Å². The van der Waals surface area contributed by atoms with E-state index in [2.05, 4.69) is 6.92 Å². The van der Waals surface area contributed by atoms with Crippen LogP contribution in [0.4, 0.5) is 0 Å². The zero-order valence-electron chi connectivity index (χ0n) is 5.59. The van der Waals surface area contributed by atoms with E-state index in [9.17, 15) is 0 Å². The summed E-state index contributed by atoms with van der Waals surface area (Å²) < 4.78 is 11.1. The molecule has 0 N–H and O–H groups in total. The van der Waals surface area contributed by atoms with Crippen molar-refractivity contribution >= 4 is 9.04 Å². The lowest BCUT2D eigenvalue weighted by molar-refractivity contribution is -0.154. The minimum atomic E-state index is -0.335. The molecule has 9 heavy (non-hydrogen) atoms. The summed E-state index contributed by atoms with van der Waals surface area (Å²) in [5, 5.41) is 0. The first-order valence-electron chi connectivity index (χ1n) is 3.55. The molecule has 0 aromatic carbocycles. The fraction of sp³-hybridized carbons (Fsp3) is 1.00. The van der Waals surface area contributed by atoms with Gasteiger partial charge in [0.05, 0.1) is 6.10 Å². The molecule has 2 nitrogen and oxygen atoms in total. The van der Waals surface area contributed by atoms with Gasteiger partial charge in [0.25, 0.3) is 0 Å². The van der Waals surface area contributed by atoms with Crippen LogP contribution in [-0.2, 0) is 9.16 Å². The van der Waals surface area contributed by atoms with Crippen molar-refractivity contribution < 1.29 is 9.16 Å². The number of ether oxygens (including phenoxy) is 1. The van der Waals surface area contributed by atoms with E-state index in [1.54, 1.807) is 0 Å². The molecule has 0 amide bonds. The Morgan fingerprint density at radius 1 is 1.56 bits per heavy atom. The van der Waals surface area contributed by atoms with E-state index >= 15 is 0 Å². The molecule has 3 fully saturated rings. The van der Waals surface area contributed by atoms with Crippen LogP contribution in [0, 0.1) is 0 Å². The molecule has 0 aromatic rings. The quantitative estimate of drug-likeness (QED) is 0.512. The minimum absolute atomic E-state index is 0.159. The fourth-order valence-electron chi connectivity index (χ4n) is 1.25. The van der Waals surface area contributed by atoms with Crippen LogP contribution in [0.15, 0.2) is 0 Å². The lowest BCUT2D eigenvalue weighted by Crippen LogP contribution is -2.50. The second-order valence-corrected chi connectivity index (χ2v) is 4.79. The Morgan fingerprint density at radius 2 is 2.33 bits per heavy atom. The molecule has 0 aromatic heterocycles. The largest absolute Gasteiger partial charge is 0.392 e. The number of rotatable bonds is 1. The monoisotopic (exact) mass is 143 g/mol. The summed E-state index contributed by atoms with van der Waals surface area (Å²) in [6, 6.07) is 2.47. The maximum Gasteiger partial charge on any atom is 0.220 e. The van der Waals surface area contributed by atoms with Gasteiger partial charge in [-0.25, -0.2) is 0 Å². The zero-order valence-corrected chi connectivity index (χ0v) is 6.59. The summed E-state index contributed by atoms with van der Waals surface area (Å²) >= 11 is 0. The third kappa shape index (κ3) is 0.932. The number of hydrogen-bond donors (Lipinski definition) is 0. The highest BCUT2D eigenvalue weighted by atomic mass is 28.3. The Kier molecular flexibility index (Phi) is 1.36. The van der Waals surface area contributed by atoms with Crippen molar-refractivity contribution in [3.8, 4) is 0 Å². The van der Waals surface area contributed by atoms with Crippen LogP contribution in [0.5, 0.6) is 0 Å². The molecule has 0 saturated carbocycles. The van der Waals surface area contributed by atoms with E-state index in [4.69, 9.17) is 9.16 Å². The summed E-state index contributed by atoms with van der Waals surface area (Å²) in [5.74, 6) is 0. The van der Waals surface area contributed by atoms with Gasteiger partial charge >= 0.3 is 0 Å². The van der Waals surface area contributed by atoms with Crippen LogP contribution < -0.4 is 0 Å². The van der Waals surface area contributed by atoms with Gasteiger partial charge in [-0.15, -0.1) is 0 Å². The molecule has 3 heteroatoms. The summed E-state index contributed by atoms with van der Waals surface area (Å²) in [4.78, 5) is 0. The second kappa shape index (κ2) is 2.07. The van der Waals surface area contributed by atoms with Crippen molar-refractivity contribution in [2.45, 2.75) is 37.8 Å². The first kappa shape index (κ1) is 5.89. The smallest absolute Gasteiger partial charge is 0.220 e. The Labute approximate surface area is 56.9 Å². The molecule has 3 rings (SSSR count). The van der Waals surface area contributed by atoms with Gasteiger partial charge in [-0.3, -0.25) is 0 Å². The molecule has 51 valence electrons. The maximum absolute atomic E-state index is 5.58. The zero-order chi connectivity index (χ0) is 6.27. The van der Waals surface area contributed by atoms with Crippen LogP contribution >= 0.6 is 0 Å². The predicted molar refractivity (Wildman–Crippen MR) is 35.4 cm³/mol. The summed E-state index contributed by atoms with van der Waals surface area (Å²) in [6.07, 6.45) is 1.76. The summed E-state index contributed by atoms with van der Waals surface area (Å²) in [6.45, 7) is 2.11. The van der Waals surface area contributed by atoms with Crippen molar-refractivity contribution in [2.75, 3.05) is 0 Å². The maximum atomic E-state index is 5.58. The van der Waals surface area contributed by atoms with Crippen LogP contribution in [0.2, 0.25) is 12.1 Å².